The fourth-order valence-electron chi connectivity index (χ4n) is 2.04. The van der Waals surface area contributed by atoms with Crippen molar-refractivity contribution in [3.8, 4) is 0 Å². The summed E-state index contributed by atoms with van der Waals surface area (Å²) in [4.78, 5) is 2.21. The molecule has 1 N–H and O–H groups in total. The lowest BCUT2D eigenvalue weighted by Gasteiger charge is -2.22. The van der Waals surface area contributed by atoms with E-state index in [1.807, 2.05) is 26.1 Å². The molecule has 0 saturated carbocycles. The van der Waals surface area contributed by atoms with Crippen LogP contribution >= 0.6 is 0 Å². The third-order valence-electron chi connectivity index (χ3n) is 3.25. The molecule has 0 fully saturated rings. The van der Waals surface area contributed by atoms with Crippen molar-refractivity contribution in [1.82, 2.24) is 10.2 Å². The highest BCUT2D eigenvalue weighted by Crippen LogP contribution is 2.19. The summed E-state index contributed by atoms with van der Waals surface area (Å²) in [6, 6.07) is 7.01. The third-order valence-corrected chi connectivity index (χ3v) is 3.25. The zero-order valence-electron chi connectivity index (χ0n) is 12.2. The molecule has 1 atom stereocenters. The van der Waals surface area contributed by atoms with Gasteiger partial charge in [0.25, 0.3) is 0 Å². The highest BCUT2D eigenvalue weighted by atomic mass is 19.1. The Bertz CT molecular complexity index is 360. The lowest BCUT2D eigenvalue weighted by Crippen LogP contribution is -2.28. The van der Waals surface area contributed by atoms with Gasteiger partial charge in [0.2, 0.25) is 0 Å². The van der Waals surface area contributed by atoms with Crippen LogP contribution in [0.25, 0.3) is 0 Å². The fourth-order valence-corrected chi connectivity index (χ4v) is 2.04. The number of nitrogens with zero attached hydrogens (tertiary/aromatic N) is 1. The first-order chi connectivity index (χ1) is 9.19. The maximum Gasteiger partial charge on any atom is 0.127 e. The molecule has 19 heavy (non-hydrogen) atoms. The largest absolute Gasteiger partial charge is 0.380 e. The summed E-state index contributed by atoms with van der Waals surface area (Å²) in [5.74, 6) is -0.140. The predicted octanol–water partition coefficient (Wildman–Crippen LogP) is 2.44. The van der Waals surface area contributed by atoms with E-state index >= 15 is 0 Å². The van der Waals surface area contributed by atoms with Crippen molar-refractivity contribution in [2.75, 3.05) is 40.4 Å². The van der Waals surface area contributed by atoms with E-state index in [4.69, 9.17) is 4.74 Å². The van der Waals surface area contributed by atoms with Crippen LogP contribution < -0.4 is 5.32 Å². The molecule has 1 aromatic carbocycles. The van der Waals surface area contributed by atoms with Crippen LogP contribution in [0.4, 0.5) is 4.39 Å². The second-order valence-corrected chi connectivity index (χ2v) is 4.65. The van der Waals surface area contributed by atoms with E-state index in [0.717, 1.165) is 38.3 Å². The Hall–Kier alpha value is -0.970. The first kappa shape index (κ1) is 16.1. The minimum absolute atomic E-state index is 0.0516. The molecule has 0 saturated heterocycles. The molecule has 108 valence electrons. The number of hydrogen-bond donors (Lipinski definition) is 1. The van der Waals surface area contributed by atoms with Gasteiger partial charge in [-0.2, -0.15) is 0 Å². The van der Waals surface area contributed by atoms with Crippen LogP contribution in [-0.4, -0.2) is 45.3 Å². The zero-order valence-corrected chi connectivity index (χ0v) is 12.2. The Morgan fingerprint density at radius 3 is 2.68 bits per heavy atom. The van der Waals surface area contributed by atoms with Crippen molar-refractivity contribution in [1.29, 1.82) is 0 Å². The van der Waals surface area contributed by atoms with Crippen molar-refractivity contribution in [2.24, 2.45) is 0 Å². The van der Waals surface area contributed by atoms with Crippen molar-refractivity contribution >= 4 is 0 Å². The highest BCUT2D eigenvalue weighted by Gasteiger charge is 2.13. The molecule has 0 bridgehead atoms. The molecule has 0 aliphatic heterocycles. The summed E-state index contributed by atoms with van der Waals surface area (Å²) < 4.78 is 19.0. The lowest BCUT2D eigenvalue weighted by atomic mass is 10.0. The molecule has 0 aromatic heterocycles. The van der Waals surface area contributed by atoms with Crippen LogP contribution in [0.5, 0.6) is 0 Å². The summed E-state index contributed by atoms with van der Waals surface area (Å²) in [6.45, 7) is 5.31. The minimum Gasteiger partial charge on any atom is -0.380 e. The molecule has 0 aliphatic carbocycles. The minimum atomic E-state index is -0.140. The molecule has 1 rings (SSSR count). The number of benzene rings is 1. The van der Waals surface area contributed by atoms with E-state index in [0.29, 0.717) is 0 Å². The Morgan fingerprint density at radius 1 is 1.32 bits per heavy atom. The number of likely N-dealkylation sites (N-methyl/N-ethyl adjacent to an activating group) is 1. The maximum atomic E-state index is 13.7. The van der Waals surface area contributed by atoms with Crippen molar-refractivity contribution in [3.63, 3.8) is 0 Å². The molecule has 0 radical (unpaired) electrons. The first-order valence-corrected chi connectivity index (χ1v) is 6.87. The normalized spacial score (nSPS) is 12.9. The SMILES string of the molecule is CCOCCN(C)CCC(NC)c1ccccc1F. The maximum absolute atomic E-state index is 13.7. The van der Waals surface area contributed by atoms with E-state index in [1.165, 1.54) is 6.07 Å². The first-order valence-electron chi connectivity index (χ1n) is 6.87. The zero-order chi connectivity index (χ0) is 14.1. The number of halogens is 1. The lowest BCUT2D eigenvalue weighted by molar-refractivity contribution is 0.121. The number of rotatable bonds is 9. The van der Waals surface area contributed by atoms with Gasteiger partial charge in [0.1, 0.15) is 5.82 Å². The van der Waals surface area contributed by atoms with Gasteiger partial charge < -0.3 is 15.0 Å². The highest BCUT2D eigenvalue weighted by molar-refractivity contribution is 5.21. The predicted molar refractivity (Wildman–Crippen MR) is 76.8 cm³/mol. The van der Waals surface area contributed by atoms with Crippen LogP contribution in [-0.2, 0) is 4.74 Å². The van der Waals surface area contributed by atoms with Gasteiger partial charge in [0.15, 0.2) is 0 Å². The van der Waals surface area contributed by atoms with Gasteiger partial charge in [-0.05, 0) is 40.1 Å². The van der Waals surface area contributed by atoms with Gasteiger partial charge >= 0.3 is 0 Å². The number of nitrogens with one attached hydrogen (secondary N) is 1. The summed E-state index contributed by atoms with van der Waals surface area (Å²) >= 11 is 0. The second-order valence-electron chi connectivity index (χ2n) is 4.65. The van der Waals surface area contributed by atoms with Crippen LogP contribution in [0.3, 0.4) is 0 Å². The topological polar surface area (TPSA) is 24.5 Å². The van der Waals surface area contributed by atoms with Crippen LogP contribution in [0.2, 0.25) is 0 Å². The van der Waals surface area contributed by atoms with Crippen LogP contribution in [0, 0.1) is 5.82 Å². The van der Waals surface area contributed by atoms with Gasteiger partial charge in [0, 0.05) is 24.8 Å². The average molecular weight is 268 g/mol. The number of hydrogen-bond acceptors (Lipinski definition) is 3. The standard InChI is InChI=1S/C15H25FN2O/c1-4-19-12-11-18(3)10-9-15(17-2)13-7-5-6-8-14(13)16/h5-8,15,17H,4,9-12H2,1-3H3. The number of ether oxygens (including phenoxy) is 1. The van der Waals surface area contributed by atoms with Crippen LogP contribution in [0.15, 0.2) is 24.3 Å². The summed E-state index contributed by atoms with van der Waals surface area (Å²) in [7, 11) is 3.93. The van der Waals surface area contributed by atoms with Gasteiger partial charge in [-0.15, -0.1) is 0 Å². The Balaban J connectivity index is 2.43. The van der Waals surface area contributed by atoms with E-state index in [2.05, 4.69) is 17.3 Å². The Morgan fingerprint density at radius 2 is 2.05 bits per heavy atom. The third kappa shape index (κ3) is 5.68. The quantitative estimate of drug-likeness (QED) is 0.696. The molecule has 1 aromatic rings. The fraction of sp³-hybridized carbons (Fsp3) is 0.600. The van der Waals surface area contributed by atoms with E-state index in [1.54, 1.807) is 6.07 Å². The summed E-state index contributed by atoms with van der Waals surface area (Å²) in [5, 5.41) is 3.18. The van der Waals surface area contributed by atoms with Crippen molar-refractivity contribution in [2.45, 2.75) is 19.4 Å². The smallest absolute Gasteiger partial charge is 0.127 e. The van der Waals surface area contributed by atoms with E-state index in [-0.39, 0.29) is 11.9 Å². The molecular weight excluding hydrogens is 243 g/mol. The summed E-state index contributed by atoms with van der Waals surface area (Å²) in [6.07, 6.45) is 0.875. The summed E-state index contributed by atoms with van der Waals surface area (Å²) in [5.41, 5.74) is 0.739. The molecule has 3 nitrogen and oxygen atoms in total. The van der Waals surface area contributed by atoms with Gasteiger partial charge in [-0.25, -0.2) is 4.39 Å². The Labute approximate surface area is 115 Å². The van der Waals surface area contributed by atoms with E-state index < -0.39 is 0 Å². The average Bonchev–Trinajstić information content (AvgIpc) is 2.41. The molecule has 4 heteroatoms. The van der Waals surface area contributed by atoms with E-state index in [9.17, 15) is 4.39 Å². The molecule has 0 amide bonds. The molecular formula is C15H25FN2O. The molecule has 0 heterocycles. The van der Waals surface area contributed by atoms with Crippen molar-refractivity contribution < 1.29 is 9.13 Å². The van der Waals surface area contributed by atoms with Gasteiger partial charge in [-0.3, -0.25) is 0 Å². The van der Waals surface area contributed by atoms with Gasteiger partial charge in [0.05, 0.1) is 6.61 Å². The monoisotopic (exact) mass is 268 g/mol. The molecule has 0 aliphatic rings. The van der Waals surface area contributed by atoms with Crippen LogP contribution in [0.1, 0.15) is 24.9 Å². The second kappa shape index (κ2) is 9.02. The van der Waals surface area contributed by atoms with Gasteiger partial charge in [-0.1, -0.05) is 18.2 Å². The Kier molecular flexibility index (Phi) is 7.63. The molecule has 0 spiro atoms. The van der Waals surface area contributed by atoms with Crippen molar-refractivity contribution in [3.05, 3.63) is 35.6 Å². The molecule has 1 unspecified atom stereocenters.